The lowest BCUT2D eigenvalue weighted by Gasteiger charge is -2.29. The summed E-state index contributed by atoms with van der Waals surface area (Å²) in [7, 11) is -3.79. The number of nitrogens with one attached hydrogen (secondary N) is 1. The Morgan fingerprint density at radius 1 is 1.20 bits per heavy atom. The fraction of sp³-hybridized carbons (Fsp3) is 0.381. The molecule has 0 radical (unpaired) electrons. The van der Waals surface area contributed by atoms with E-state index in [1.807, 2.05) is 24.3 Å². The number of nitrogens with zero attached hydrogens (tertiary/aromatic N) is 2. The van der Waals surface area contributed by atoms with Gasteiger partial charge < -0.3 is 15.0 Å². The third kappa shape index (κ3) is 5.48. The van der Waals surface area contributed by atoms with Gasteiger partial charge in [0.15, 0.2) is 0 Å². The van der Waals surface area contributed by atoms with Gasteiger partial charge in [0, 0.05) is 25.3 Å². The third-order valence-corrected chi connectivity index (χ3v) is 6.17. The largest absolute Gasteiger partial charge is 0.378 e. The number of rotatable bonds is 7. The van der Waals surface area contributed by atoms with Gasteiger partial charge >= 0.3 is 0 Å². The van der Waals surface area contributed by atoms with Gasteiger partial charge in [-0.05, 0) is 42.8 Å². The molecule has 162 valence electrons. The lowest BCUT2D eigenvalue weighted by atomic mass is 10.1. The van der Waals surface area contributed by atoms with Gasteiger partial charge in [0.2, 0.25) is 15.9 Å². The number of morpholine rings is 1. The maximum absolute atomic E-state index is 13.6. The summed E-state index contributed by atoms with van der Waals surface area (Å²) in [6, 6.07) is 12.0. The van der Waals surface area contributed by atoms with Crippen LogP contribution in [0.2, 0.25) is 0 Å². The van der Waals surface area contributed by atoms with Crippen molar-refractivity contribution in [1.82, 2.24) is 5.32 Å². The van der Waals surface area contributed by atoms with Crippen molar-refractivity contribution in [2.45, 2.75) is 19.5 Å². The average molecular weight is 436 g/mol. The maximum Gasteiger partial charge on any atom is 0.243 e. The number of benzene rings is 2. The highest BCUT2D eigenvalue weighted by molar-refractivity contribution is 7.92. The quantitative estimate of drug-likeness (QED) is 0.721. The molecule has 1 aliphatic heterocycles. The molecule has 9 heteroatoms. The second-order valence-corrected chi connectivity index (χ2v) is 9.06. The van der Waals surface area contributed by atoms with Gasteiger partial charge in [0.1, 0.15) is 11.9 Å². The van der Waals surface area contributed by atoms with E-state index in [1.165, 1.54) is 25.1 Å². The summed E-state index contributed by atoms with van der Waals surface area (Å²) in [4.78, 5) is 14.9. The van der Waals surface area contributed by atoms with E-state index in [9.17, 15) is 17.6 Å². The molecule has 3 rings (SSSR count). The molecule has 30 heavy (non-hydrogen) atoms. The molecule has 0 saturated carbocycles. The van der Waals surface area contributed by atoms with Crippen molar-refractivity contribution in [2.75, 3.05) is 41.8 Å². The fourth-order valence-corrected chi connectivity index (χ4v) is 4.57. The Kier molecular flexibility index (Phi) is 6.94. The molecule has 1 fully saturated rings. The van der Waals surface area contributed by atoms with E-state index in [1.54, 1.807) is 0 Å². The molecule has 0 unspecified atom stereocenters. The van der Waals surface area contributed by atoms with Crippen LogP contribution in [0.1, 0.15) is 12.5 Å². The normalized spacial score (nSPS) is 15.5. The van der Waals surface area contributed by atoms with Crippen LogP contribution in [0.25, 0.3) is 0 Å². The number of amides is 1. The molecule has 1 saturated heterocycles. The van der Waals surface area contributed by atoms with E-state index in [-0.39, 0.29) is 12.2 Å². The zero-order valence-corrected chi connectivity index (χ0v) is 17.9. The molecular weight excluding hydrogens is 409 g/mol. The fourth-order valence-electron chi connectivity index (χ4n) is 3.41. The van der Waals surface area contributed by atoms with Crippen molar-refractivity contribution in [3.63, 3.8) is 0 Å². The van der Waals surface area contributed by atoms with Crippen molar-refractivity contribution in [3.05, 3.63) is 59.9 Å². The first kappa shape index (κ1) is 22.0. The first-order chi connectivity index (χ1) is 14.3. The van der Waals surface area contributed by atoms with Crippen molar-refractivity contribution < 1.29 is 22.3 Å². The monoisotopic (exact) mass is 435 g/mol. The predicted molar refractivity (Wildman–Crippen MR) is 115 cm³/mol. The van der Waals surface area contributed by atoms with E-state index >= 15 is 0 Å². The molecule has 2 aromatic rings. The molecule has 1 atom stereocenters. The molecule has 0 spiro atoms. The standard InChI is InChI=1S/C21H26FN3O4S/c1-16(25(30(2,27)28)20-5-3-4-18(22)14-20)21(26)23-15-17-6-8-19(9-7-17)24-10-12-29-13-11-24/h3-9,14,16H,10-13,15H2,1-2H3,(H,23,26)/t16-/m1/s1. The Balaban J connectivity index is 1.65. The van der Waals surface area contributed by atoms with Crippen LogP contribution in [0.15, 0.2) is 48.5 Å². The van der Waals surface area contributed by atoms with Crippen molar-refractivity contribution >= 4 is 27.3 Å². The van der Waals surface area contributed by atoms with Crippen molar-refractivity contribution in [2.24, 2.45) is 0 Å². The lowest BCUT2D eigenvalue weighted by molar-refractivity contribution is -0.122. The van der Waals surface area contributed by atoms with Gasteiger partial charge in [0.05, 0.1) is 25.2 Å². The minimum Gasteiger partial charge on any atom is -0.378 e. The average Bonchev–Trinajstić information content (AvgIpc) is 2.72. The highest BCUT2D eigenvalue weighted by atomic mass is 32.2. The minimum absolute atomic E-state index is 0.106. The smallest absolute Gasteiger partial charge is 0.243 e. The summed E-state index contributed by atoms with van der Waals surface area (Å²) < 4.78 is 44.4. The molecule has 1 N–H and O–H groups in total. The Bertz CT molecular complexity index is 976. The van der Waals surface area contributed by atoms with Gasteiger partial charge in [-0.1, -0.05) is 18.2 Å². The topological polar surface area (TPSA) is 79.0 Å². The third-order valence-electron chi connectivity index (χ3n) is 4.93. The number of hydrogen-bond donors (Lipinski definition) is 1. The number of anilines is 2. The summed E-state index contributed by atoms with van der Waals surface area (Å²) in [6.45, 7) is 4.83. The van der Waals surface area contributed by atoms with Crippen LogP contribution in [0.3, 0.4) is 0 Å². The van der Waals surface area contributed by atoms with E-state index in [0.717, 1.165) is 41.0 Å². The molecule has 0 bridgehead atoms. The number of hydrogen-bond acceptors (Lipinski definition) is 5. The second-order valence-electron chi connectivity index (χ2n) is 7.20. The van der Waals surface area contributed by atoms with Gasteiger partial charge in [-0.3, -0.25) is 9.10 Å². The SMILES string of the molecule is C[C@H](C(=O)NCc1ccc(N2CCOCC2)cc1)N(c1cccc(F)c1)S(C)(=O)=O. The zero-order valence-electron chi connectivity index (χ0n) is 17.0. The summed E-state index contributed by atoms with van der Waals surface area (Å²) in [5.41, 5.74) is 2.09. The van der Waals surface area contributed by atoms with Crippen LogP contribution >= 0.6 is 0 Å². The summed E-state index contributed by atoms with van der Waals surface area (Å²) in [5, 5.41) is 2.76. The summed E-state index contributed by atoms with van der Waals surface area (Å²) in [6.07, 6.45) is 0.992. The number of carbonyl (C=O) groups is 1. The van der Waals surface area contributed by atoms with Crippen LogP contribution in [0.5, 0.6) is 0 Å². The minimum atomic E-state index is -3.79. The number of carbonyl (C=O) groups excluding carboxylic acids is 1. The van der Waals surface area contributed by atoms with Crippen LogP contribution in [0, 0.1) is 5.82 Å². The first-order valence-corrected chi connectivity index (χ1v) is 11.5. The molecule has 1 heterocycles. The Labute approximate surface area is 176 Å². The second kappa shape index (κ2) is 9.44. The Morgan fingerprint density at radius 3 is 2.47 bits per heavy atom. The Hall–Kier alpha value is -2.65. The van der Waals surface area contributed by atoms with E-state index < -0.39 is 27.8 Å². The van der Waals surface area contributed by atoms with Crippen LogP contribution < -0.4 is 14.5 Å². The number of halogens is 1. The van der Waals surface area contributed by atoms with Crippen molar-refractivity contribution in [3.8, 4) is 0 Å². The van der Waals surface area contributed by atoms with E-state index in [4.69, 9.17) is 4.74 Å². The van der Waals surface area contributed by atoms with Gasteiger partial charge in [0.25, 0.3) is 0 Å². The maximum atomic E-state index is 13.6. The molecule has 0 aliphatic carbocycles. The Morgan fingerprint density at radius 2 is 1.87 bits per heavy atom. The predicted octanol–water partition coefficient (Wildman–Crippen LogP) is 2.13. The molecule has 7 nitrogen and oxygen atoms in total. The molecule has 2 aromatic carbocycles. The van der Waals surface area contributed by atoms with Gasteiger partial charge in [-0.25, -0.2) is 12.8 Å². The molecular formula is C21H26FN3O4S. The van der Waals surface area contributed by atoms with Crippen LogP contribution in [0.4, 0.5) is 15.8 Å². The molecule has 1 aliphatic rings. The number of ether oxygens (including phenoxy) is 1. The summed E-state index contributed by atoms with van der Waals surface area (Å²) >= 11 is 0. The zero-order chi connectivity index (χ0) is 21.7. The highest BCUT2D eigenvalue weighted by Gasteiger charge is 2.29. The molecule has 1 amide bonds. The number of sulfonamides is 1. The highest BCUT2D eigenvalue weighted by Crippen LogP contribution is 2.22. The van der Waals surface area contributed by atoms with Gasteiger partial charge in [-0.15, -0.1) is 0 Å². The lowest BCUT2D eigenvalue weighted by Crippen LogP contribution is -2.47. The summed E-state index contributed by atoms with van der Waals surface area (Å²) in [5.74, 6) is -1.05. The first-order valence-electron chi connectivity index (χ1n) is 9.70. The van der Waals surface area contributed by atoms with Crippen molar-refractivity contribution in [1.29, 1.82) is 0 Å². The van der Waals surface area contributed by atoms with E-state index in [2.05, 4.69) is 10.2 Å². The van der Waals surface area contributed by atoms with Gasteiger partial charge in [-0.2, -0.15) is 0 Å². The van der Waals surface area contributed by atoms with Crippen LogP contribution in [-0.2, 0) is 26.1 Å². The molecule has 0 aromatic heterocycles. The van der Waals surface area contributed by atoms with Crippen LogP contribution in [-0.4, -0.2) is 52.9 Å². The van der Waals surface area contributed by atoms with E-state index in [0.29, 0.717) is 13.2 Å².